The van der Waals surface area contributed by atoms with Gasteiger partial charge in [-0.1, -0.05) is 0 Å². The summed E-state index contributed by atoms with van der Waals surface area (Å²) in [5, 5.41) is 4.74. The van der Waals surface area contributed by atoms with E-state index in [1.54, 1.807) is 19.6 Å². The second-order valence-electron chi connectivity index (χ2n) is 9.94. The second kappa shape index (κ2) is 11.5. The molecule has 0 radical (unpaired) electrons. The number of hydrogen-bond acceptors (Lipinski definition) is 8. The molecule has 5 rings (SSSR count). The van der Waals surface area contributed by atoms with E-state index in [1.165, 1.54) is 28.7 Å². The Hall–Kier alpha value is -3.07. The lowest BCUT2D eigenvalue weighted by atomic mass is 9.85. The first kappa shape index (κ1) is 25.6. The van der Waals surface area contributed by atoms with E-state index in [9.17, 15) is 0 Å². The smallest absolute Gasteiger partial charge is 0.145 e. The van der Waals surface area contributed by atoms with Crippen LogP contribution in [-0.2, 0) is 17.6 Å². The van der Waals surface area contributed by atoms with Crippen LogP contribution >= 0.6 is 11.3 Å². The Morgan fingerprint density at radius 2 is 2.00 bits per heavy atom. The molecule has 3 aromatic heterocycles. The number of hydrogen-bond donors (Lipinski definition) is 1. The molecule has 1 aliphatic rings. The topological polar surface area (TPSA) is 72.4 Å². The maximum absolute atomic E-state index is 6.04. The van der Waals surface area contributed by atoms with E-state index < -0.39 is 0 Å². The fourth-order valence-electron chi connectivity index (χ4n) is 4.90. The van der Waals surface area contributed by atoms with Gasteiger partial charge in [-0.2, -0.15) is 0 Å². The first-order chi connectivity index (χ1) is 18.0. The Morgan fingerprint density at radius 1 is 1.11 bits per heavy atom. The Morgan fingerprint density at radius 3 is 2.78 bits per heavy atom. The average Bonchev–Trinajstić information content (AvgIpc) is 3.28. The monoisotopic (exact) mass is 517 g/mol. The minimum atomic E-state index is 0.717. The van der Waals surface area contributed by atoms with Gasteiger partial charge in [0, 0.05) is 29.9 Å². The zero-order valence-corrected chi connectivity index (χ0v) is 22.9. The van der Waals surface area contributed by atoms with Gasteiger partial charge in [-0.15, -0.1) is 11.3 Å². The van der Waals surface area contributed by atoms with Gasteiger partial charge in [0.25, 0.3) is 0 Å². The van der Waals surface area contributed by atoms with Crippen molar-refractivity contribution in [3.05, 3.63) is 64.6 Å². The van der Waals surface area contributed by atoms with Crippen LogP contribution in [0.15, 0.2) is 42.9 Å². The molecule has 0 bridgehead atoms. The third kappa shape index (κ3) is 6.09. The molecule has 3 heterocycles. The molecule has 1 unspecified atom stereocenters. The van der Waals surface area contributed by atoms with Gasteiger partial charge < -0.3 is 19.7 Å². The van der Waals surface area contributed by atoms with Crippen LogP contribution in [0.2, 0.25) is 0 Å². The highest BCUT2D eigenvalue weighted by atomic mass is 32.1. The molecular weight excluding hydrogens is 482 g/mol. The minimum Gasteiger partial charge on any atom is -0.455 e. The lowest BCUT2D eigenvalue weighted by Gasteiger charge is -2.25. The molecule has 1 N–H and O–H groups in total. The van der Waals surface area contributed by atoms with Crippen molar-refractivity contribution in [2.45, 2.75) is 39.5 Å². The maximum atomic E-state index is 6.04. The Balaban J connectivity index is 1.29. The first-order valence-corrected chi connectivity index (χ1v) is 13.7. The van der Waals surface area contributed by atoms with Crippen molar-refractivity contribution in [2.75, 3.05) is 39.2 Å². The number of aromatic nitrogens is 3. The van der Waals surface area contributed by atoms with Crippen molar-refractivity contribution >= 4 is 33.1 Å². The van der Waals surface area contributed by atoms with Crippen LogP contribution < -0.4 is 10.1 Å². The molecule has 0 aliphatic heterocycles. The number of thiophene rings is 1. The summed E-state index contributed by atoms with van der Waals surface area (Å²) in [6.45, 7) is 6.90. The van der Waals surface area contributed by atoms with E-state index in [4.69, 9.17) is 9.47 Å². The molecule has 194 valence electrons. The molecule has 0 spiro atoms. The van der Waals surface area contributed by atoms with Crippen molar-refractivity contribution < 1.29 is 9.47 Å². The number of fused-ring (bicyclic) bond motifs is 3. The molecule has 7 nitrogen and oxygen atoms in total. The zero-order valence-electron chi connectivity index (χ0n) is 22.1. The van der Waals surface area contributed by atoms with Crippen molar-refractivity contribution in [1.82, 2.24) is 19.9 Å². The van der Waals surface area contributed by atoms with Gasteiger partial charge in [0.15, 0.2) is 0 Å². The highest BCUT2D eigenvalue weighted by Gasteiger charge is 2.25. The van der Waals surface area contributed by atoms with E-state index in [1.807, 2.05) is 42.5 Å². The molecule has 0 saturated heterocycles. The largest absolute Gasteiger partial charge is 0.455 e. The van der Waals surface area contributed by atoms with Crippen molar-refractivity contribution in [3.8, 4) is 11.5 Å². The van der Waals surface area contributed by atoms with Gasteiger partial charge in [0.05, 0.1) is 18.2 Å². The Kier molecular flexibility index (Phi) is 7.98. The van der Waals surface area contributed by atoms with Gasteiger partial charge in [0.1, 0.15) is 28.5 Å². The Labute approximate surface area is 222 Å². The predicted molar refractivity (Wildman–Crippen MR) is 150 cm³/mol. The summed E-state index contributed by atoms with van der Waals surface area (Å²) in [7, 11) is 3.94. The standard InChI is InChI=1S/C29H35N5O2S/c1-19-15-22(7-10-25(19)36-23-8-5-20(2)30-17-23)33-28-27-24-9-6-21(11-12-34(3)13-14-35-4)16-26(24)37-29(27)32-18-31-28/h5,7-8,10,15,17-18,21H,6,9,11-14,16H2,1-4H3,(H,31,32,33). The molecule has 0 saturated carbocycles. The highest BCUT2D eigenvalue weighted by molar-refractivity contribution is 7.19. The zero-order chi connectivity index (χ0) is 25.8. The number of aryl methyl sites for hydroxylation is 3. The molecule has 1 aromatic carbocycles. The van der Waals surface area contributed by atoms with Crippen molar-refractivity contribution in [2.24, 2.45) is 5.92 Å². The van der Waals surface area contributed by atoms with E-state index in [2.05, 4.69) is 45.2 Å². The number of likely N-dealkylation sites (N-methyl/N-ethyl adjacent to an activating group) is 1. The molecule has 4 aromatic rings. The average molecular weight is 518 g/mol. The summed E-state index contributed by atoms with van der Waals surface area (Å²) < 4.78 is 11.3. The fraction of sp³-hybridized carbons (Fsp3) is 0.414. The number of benzene rings is 1. The third-order valence-corrected chi connectivity index (χ3v) is 8.26. The van der Waals surface area contributed by atoms with Crippen LogP contribution in [0.4, 0.5) is 11.5 Å². The Bertz CT molecular complexity index is 1350. The highest BCUT2D eigenvalue weighted by Crippen LogP contribution is 2.41. The number of anilines is 2. The van der Waals surface area contributed by atoms with E-state index in [-0.39, 0.29) is 0 Å². The van der Waals surface area contributed by atoms with Crippen LogP contribution in [-0.4, -0.2) is 53.7 Å². The summed E-state index contributed by atoms with van der Waals surface area (Å²) in [4.78, 5) is 18.5. The molecule has 1 atom stereocenters. The van der Waals surface area contributed by atoms with Crippen LogP contribution in [0.3, 0.4) is 0 Å². The summed E-state index contributed by atoms with van der Waals surface area (Å²) in [5.74, 6) is 3.15. The van der Waals surface area contributed by atoms with Crippen molar-refractivity contribution in [3.63, 3.8) is 0 Å². The van der Waals surface area contributed by atoms with Gasteiger partial charge in [0.2, 0.25) is 0 Å². The van der Waals surface area contributed by atoms with Crippen LogP contribution in [0.25, 0.3) is 10.2 Å². The number of methoxy groups -OCH3 is 1. The normalized spacial score (nSPS) is 15.2. The van der Waals surface area contributed by atoms with E-state index >= 15 is 0 Å². The first-order valence-electron chi connectivity index (χ1n) is 12.9. The van der Waals surface area contributed by atoms with Gasteiger partial charge >= 0.3 is 0 Å². The molecule has 0 fully saturated rings. The molecule has 0 amide bonds. The maximum Gasteiger partial charge on any atom is 0.145 e. The molecule has 8 heteroatoms. The fourth-order valence-corrected chi connectivity index (χ4v) is 6.20. The number of nitrogens with one attached hydrogen (secondary N) is 1. The van der Waals surface area contributed by atoms with Gasteiger partial charge in [-0.25, -0.2) is 9.97 Å². The van der Waals surface area contributed by atoms with Crippen LogP contribution in [0.5, 0.6) is 11.5 Å². The van der Waals surface area contributed by atoms with Gasteiger partial charge in [-0.05, 0) is 100 Å². The van der Waals surface area contributed by atoms with Crippen LogP contribution in [0.1, 0.15) is 34.5 Å². The summed E-state index contributed by atoms with van der Waals surface area (Å²) >= 11 is 1.83. The SMILES string of the molecule is COCCN(C)CCC1CCc2c(sc3ncnc(Nc4ccc(Oc5ccc(C)nc5)c(C)c4)c23)C1. The van der Waals surface area contributed by atoms with Crippen molar-refractivity contribution in [1.29, 1.82) is 0 Å². The second-order valence-corrected chi connectivity index (χ2v) is 11.0. The van der Waals surface area contributed by atoms with E-state index in [0.29, 0.717) is 5.92 Å². The number of nitrogens with zero attached hydrogens (tertiary/aromatic N) is 4. The summed E-state index contributed by atoms with van der Waals surface area (Å²) in [5.41, 5.74) is 4.42. The van der Waals surface area contributed by atoms with Gasteiger partial charge in [-0.3, -0.25) is 4.98 Å². The van der Waals surface area contributed by atoms with Crippen LogP contribution in [0, 0.1) is 19.8 Å². The number of pyridine rings is 1. The summed E-state index contributed by atoms with van der Waals surface area (Å²) in [6, 6.07) is 10.0. The third-order valence-electron chi connectivity index (χ3n) is 7.09. The molecule has 1 aliphatic carbocycles. The lowest BCUT2D eigenvalue weighted by Crippen LogP contribution is -2.26. The molecular formula is C29H35N5O2S. The molecule has 37 heavy (non-hydrogen) atoms. The number of rotatable bonds is 10. The minimum absolute atomic E-state index is 0.717. The number of ether oxygens (including phenoxy) is 2. The lowest BCUT2D eigenvalue weighted by molar-refractivity contribution is 0.157. The predicted octanol–water partition coefficient (Wildman–Crippen LogP) is 6.31. The summed E-state index contributed by atoms with van der Waals surface area (Å²) in [6.07, 6.45) is 8.07. The quantitative estimate of drug-likeness (QED) is 0.264. The van der Waals surface area contributed by atoms with E-state index in [0.717, 1.165) is 71.6 Å².